The smallest absolute Gasteiger partial charge is 0.326 e. The van der Waals surface area contributed by atoms with Crippen LogP contribution in [0.4, 0.5) is 0 Å². The summed E-state index contributed by atoms with van der Waals surface area (Å²) in [5.41, 5.74) is 0.628. The molecule has 1 aromatic heterocycles. The third kappa shape index (κ3) is 4.09. The highest BCUT2D eigenvalue weighted by molar-refractivity contribution is 7.90. The lowest BCUT2D eigenvalue weighted by Gasteiger charge is -2.05. The third-order valence-corrected chi connectivity index (χ3v) is 5.35. The van der Waals surface area contributed by atoms with Crippen molar-refractivity contribution in [3.63, 3.8) is 0 Å². The molecule has 0 spiro atoms. The number of fused-ring (bicyclic) bond motifs is 1. The van der Waals surface area contributed by atoms with Crippen molar-refractivity contribution in [2.24, 2.45) is 4.99 Å². The first-order valence-corrected chi connectivity index (χ1v) is 10.0. The number of aromatic nitrogens is 1. The number of hydrogen-bond donors (Lipinski definition) is 0. The largest absolute Gasteiger partial charge is 0.465 e. The molecule has 0 N–H and O–H groups in total. The average Bonchev–Trinajstić information content (AvgIpc) is 2.83. The summed E-state index contributed by atoms with van der Waals surface area (Å²) in [5, 5.41) is 0. The average molecular weight is 370 g/mol. The number of carbonyl (C=O) groups excluding carboxylic acids is 2. The van der Waals surface area contributed by atoms with E-state index in [1.807, 2.05) is 0 Å². The van der Waals surface area contributed by atoms with Crippen LogP contribution in [0.5, 0.6) is 0 Å². The Labute approximate surface area is 143 Å². The van der Waals surface area contributed by atoms with Crippen LogP contribution in [0.15, 0.2) is 28.1 Å². The van der Waals surface area contributed by atoms with Crippen molar-refractivity contribution in [3.05, 3.63) is 23.0 Å². The second-order valence-electron chi connectivity index (χ2n) is 5.04. The van der Waals surface area contributed by atoms with Crippen LogP contribution in [-0.4, -0.2) is 37.7 Å². The Kier molecular flexibility index (Phi) is 5.55. The molecule has 1 heterocycles. The van der Waals surface area contributed by atoms with E-state index in [9.17, 15) is 18.0 Å². The van der Waals surface area contributed by atoms with E-state index in [0.717, 1.165) is 17.6 Å². The Morgan fingerprint density at radius 2 is 2.00 bits per heavy atom. The number of thiazole rings is 1. The molecule has 0 radical (unpaired) electrons. The number of amides is 1. The van der Waals surface area contributed by atoms with Crippen LogP contribution in [0.25, 0.3) is 10.2 Å². The second kappa shape index (κ2) is 7.27. The predicted molar refractivity (Wildman–Crippen MR) is 90.4 cm³/mol. The number of carbonyl (C=O) groups is 2. The molecule has 9 heteroatoms. The number of benzene rings is 1. The number of rotatable bonds is 5. The van der Waals surface area contributed by atoms with Crippen molar-refractivity contribution >= 4 is 43.3 Å². The molecule has 7 nitrogen and oxygen atoms in total. The Morgan fingerprint density at radius 3 is 2.58 bits per heavy atom. The summed E-state index contributed by atoms with van der Waals surface area (Å²) >= 11 is 1.16. The number of hydrogen-bond acceptors (Lipinski definition) is 6. The lowest BCUT2D eigenvalue weighted by Crippen LogP contribution is -2.23. The topological polar surface area (TPSA) is 94.8 Å². The van der Waals surface area contributed by atoms with Gasteiger partial charge in [-0.15, -0.1) is 0 Å². The van der Waals surface area contributed by atoms with Gasteiger partial charge in [0.2, 0.25) is 5.91 Å². The maximum atomic E-state index is 11.8. The van der Waals surface area contributed by atoms with Gasteiger partial charge in [0.05, 0.1) is 21.7 Å². The lowest BCUT2D eigenvalue weighted by molar-refractivity contribution is -0.143. The molecule has 1 aromatic carbocycles. The van der Waals surface area contributed by atoms with Gasteiger partial charge in [-0.1, -0.05) is 18.3 Å². The summed E-state index contributed by atoms with van der Waals surface area (Å²) in [5.74, 6) is -0.766. The molecule has 24 heavy (non-hydrogen) atoms. The minimum atomic E-state index is -3.35. The van der Waals surface area contributed by atoms with Crippen molar-refractivity contribution in [1.29, 1.82) is 0 Å². The standard InChI is InChI=1S/C15H18N2O5S2/c1-4-13(18)16-15-17(9-14(19)22-5-2)11-7-6-10(24(3,20)21)8-12(11)23-15/h6-8H,4-5,9H2,1-3H3. The monoisotopic (exact) mass is 370 g/mol. The number of nitrogens with zero attached hydrogens (tertiary/aromatic N) is 2. The van der Waals surface area contributed by atoms with Gasteiger partial charge in [0.1, 0.15) is 6.54 Å². The molecule has 2 aromatic rings. The van der Waals surface area contributed by atoms with Crippen LogP contribution in [0.1, 0.15) is 20.3 Å². The lowest BCUT2D eigenvalue weighted by atomic mass is 10.3. The normalized spacial score (nSPS) is 12.5. The first kappa shape index (κ1) is 18.3. The zero-order chi connectivity index (χ0) is 17.9. The quantitative estimate of drug-likeness (QED) is 0.744. The molecule has 130 valence electrons. The van der Waals surface area contributed by atoms with E-state index in [0.29, 0.717) is 15.0 Å². The van der Waals surface area contributed by atoms with Gasteiger partial charge < -0.3 is 9.30 Å². The minimum Gasteiger partial charge on any atom is -0.465 e. The number of ether oxygens (including phenoxy) is 1. The maximum absolute atomic E-state index is 11.8. The summed E-state index contributed by atoms with van der Waals surface area (Å²) in [7, 11) is -3.35. The Hall–Kier alpha value is -2.00. The summed E-state index contributed by atoms with van der Waals surface area (Å²) in [4.78, 5) is 28.0. The molecule has 2 rings (SSSR count). The molecular formula is C15H18N2O5S2. The van der Waals surface area contributed by atoms with Crippen LogP contribution in [0, 0.1) is 0 Å². The van der Waals surface area contributed by atoms with Crippen LogP contribution in [0.3, 0.4) is 0 Å². The van der Waals surface area contributed by atoms with Crippen molar-refractivity contribution in [3.8, 4) is 0 Å². The number of esters is 1. The highest BCUT2D eigenvalue weighted by atomic mass is 32.2. The first-order valence-electron chi connectivity index (χ1n) is 7.33. The van der Waals surface area contributed by atoms with E-state index in [2.05, 4.69) is 4.99 Å². The Bertz CT molecular complexity index is 954. The molecule has 1 amide bonds. The molecule has 0 bridgehead atoms. The van der Waals surface area contributed by atoms with Gasteiger partial charge in [-0.25, -0.2) is 8.42 Å². The molecule has 0 saturated carbocycles. The van der Waals surface area contributed by atoms with Crippen molar-refractivity contribution in [2.45, 2.75) is 31.7 Å². The van der Waals surface area contributed by atoms with E-state index in [1.165, 1.54) is 12.1 Å². The fourth-order valence-corrected chi connectivity index (χ4v) is 3.85. The van der Waals surface area contributed by atoms with Gasteiger partial charge in [-0.05, 0) is 25.1 Å². The Balaban J connectivity index is 2.66. The van der Waals surface area contributed by atoms with Crippen LogP contribution in [0.2, 0.25) is 0 Å². The van der Waals surface area contributed by atoms with E-state index in [4.69, 9.17) is 4.74 Å². The third-order valence-electron chi connectivity index (χ3n) is 3.20. The van der Waals surface area contributed by atoms with Crippen molar-refractivity contribution in [1.82, 2.24) is 4.57 Å². The molecular weight excluding hydrogens is 352 g/mol. The molecule has 0 saturated heterocycles. The van der Waals surface area contributed by atoms with Crippen LogP contribution < -0.4 is 4.80 Å². The zero-order valence-electron chi connectivity index (χ0n) is 13.6. The van der Waals surface area contributed by atoms with Gasteiger partial charge in [-0.2, -0.15) is 4.99 Å². The van der Waals surface area contributed by atoms with Gasteiger partial charge in [0, 0.05) is 12.7 Å². The van der Waals surface area contributed by atoms with Gasteiger partial charge in [0.25, 0.3) is 0 Å². The fourth-order valence-electron chi connectivity index (χ4n) is 2.04. The first-order chi connectivity index (χ1) is 11.3. The molecule has 0 fully saturated rings. The van der Waals surface area contributed by atoms with E-state index in [1.54, 1.807) is 24.5 Å². The van der Waals surface area contributed by atoms with E-state index in [-0.39, 0.29) is 30.4 Å². The molecule has 0 unspecified atom stereocenters. The van der Waals surface area contributed by atoms with Gasteiger partial charge in [-0.3, -0.25) is 9.59 Å². The summed E-state index contributed by atoms with van der Waals surface area (Å²) in [6, 6.07) is 4.60. The fraction of sp³-hybridized carbons (Fsp3) is 0.400. The highest BCUT2D eigenvalue weighted by Crippen LogP contribution is 2.22. The maximum Gasteiger partial charge on any atom is 0.326 e. The molecule has 0 aliphatic carbocycles. The highest BCUT2D eigenvalue weighted by Gasteiger charge is 2.15. The van der Waals surface area contributed by atoms with E-state index >= 15 is 0 Å². The predicted octanol–water partition coefficient (Wildman–Crippen LogP) is 1.51. The minimum absolute atomic E-state index is 0.0953. The second-order valence-corrected chi connectivity index (χ2v) is 8.06. The van der Waals surface area contributed by atoms with Crippen molar-refractivity contribution in [2.75, 3.05) is 12.9 Å². The molecule has 0 atom stereocenters. The van der Waals surface area contributed by atoms with Gasteiger partial charge >= 0.3 is 5.97 Å². The van der Waals surface area contributed by atoms with E-state index < -0.39 is 15.8 Å². The summed E-state index contributed by atoms with van der Waals surface area (Å²) in [6.45, 7) is 3.55. The van der Waals surface area contributed by atoms with Crippen LogP contribution in [-0.2, 0) is 30.7 Å². The van der Waals surface area contributed by atoms with Crippen molar-refractivity contribution < 1.29 is 22.7 Å². The summed E-state index contributed by atoms with van der Waals surface area (Å²) < 4.78 is 30.6. The zero-order valence-corrected chi connectivity index (χ0v) is 15.2. The summed E-state index contributed by atoms with van der Waals surface area (Å²) in [6.07, 6.45) is 1.36. The van der Waals surface area contributed by atoms with Crippen LogP contribution >= 0.6 is 11.3 Å². The Morgan fingerprint density at radius 1 is 1.29 bits per heavy atom. The number of sulfone groups is 1. The van der Waals surface area contributed by atoms with Gasteiger partial charge in [0.15, 0.2) is 14.6 Å². The molecule has 0 aliphatic heterocycles. The SMILES string of the molecule is CCOC(=O)Cn1c(=NC(=O)CC)sc2cc(S(C)(=O)=O)ccc21. The molecule has 0 aliphatic rings.